The molecule has 9 rings (SSSR count). The summed E-state index contributed by atoms with van der Waals surface area (Å²) in [5, 5.41) is 58.3. The van der Waals surface area contributed by atoms with Crippen LogP contribution in [0.1, 0.15) is 71.2 Å². The number of carbonyl (C=O) groups is 8. The van der Waals surface area contributed by atoms with Crippen LogP contribution in [0.15, 0.2) is 47.3 Å². The van der Waals surface area contributed by atoms with E-state index in [0.717, 1.165) is 33.1 Å². The van der Waals surface area contributed by atoms with Gasteiger partial charge in [0.25, 0.3) is 17.4 Å². The van der Waals surface area contributed by atoms with Gasteiger partial charge in [0, 0.05) is 67.5 Å². The molecule has 0 spiro atoms. The molecule has 2 aromatic heterocycles. The molecule has 0 bridgehead atoms. The lowest BCUT2D eigenvalue weighted by Crippen LogP contribution is -2.61. The van der Waals surface area contributed by atoms with Crippen molar-refractivity contribution in [3.8, 4) is 17.1 Å². The fourth-order valence-electron chi connectivity index (χ4n) is 10.6. The van der Waals surface area contributed by atoms with Gasteiger partial charge in [-0.3, -0.25) is 38.6 Å². The highest BCUT2D eigenvalue weighted by molar-refractivity contribution is 7.90. The van der Waals surface area contributed by atoms with Crippen molar-refractivity contribution in [1.82, 2.24) is 29.6 Å². The first-order valence-corrected chi connectivity index (χ1v) is 28.3. The molecule has 7 N–H and O–H groups in total. The van der Waals surface area contributed by atoms with Gasteiger partial charge in [-0.2, -0.15) is 0 Å². The number of hydrogen-bond donors (Lipinski definition) is 7. The minimum Gasteiger partial charge on any atom is -0.479 e. The van der Waals surface area contributed by atoms with Crippen LogP contribution in [0, 0.1) is 12.7 Å². The maximum atomic E-state index is 15.5. The smallest absolute Gasteiger partial charge is 0.411 e. The first-order valence-electron chi connectivity index (χ1n) is 26.3. The molecule has 2 aromatic carbocycles. The number of halogens is 1. The van der Waals surface area contributed by atoms with Crippen molar-refractivity contribution in [3.05, 3.63) is 97.6 Å². The number of carboxylic acid groups (broad SMARTS) is 1. The summed E-state index contributed by atoms with van der Waals surface area (Å²) in [5.41, 5.74) is 0.253. The largest absolute Gasteiger partial charge is 0.479 e. The maximum absolute atomic E-state index is 15.5. The number of esters is 1. The van der Waals surface area contributed by atoms with Gasteiger partial charge in [0.2, 0.25) is 24.0 Å². The number of benzene rings is 2. The molecule has 4 unspecified atom stereocenters. The molecule has 1 saturated heterocycles. The van der Waals surface area contributed by atoms with E-state index < -0.39 is 150 Å². The Morgan fingerprint density at radius 2 is 1.70 bits per heavy atom. The summed E-state index contributed by atoms with van der Waals surface area (Å²) in [6, 6.07) is 5.68. The number of sulfone groups is 1. The second kappa shape index (κ2) is 23.8. The number of nitrogens with zero attached hydrogens (tertiary/aromatic N) is 5. The number of aliphatic hydroxyl groups excluding tert-OH is 3. The van der Waals surface area contributed by atoms with E-state index in [1.165, 1.54) is 41.9 Å². The number of hydrogen-bond acceptors (Lipinski definition) is 21. The number of ether oxygens (including phenoxy) is 5. The van der Waals surface area contributed by atoms with Crippen LogP contribution < -0.4 is 20.9 Å². The lowest BCUT2D eigenvalue weighted by molar-refractivity contribution is -0.271. The summed E-state index contributed by atoms with van der Waals surface area (Å²) >= 11 is 0. The number of aryl methyl sites for hydroxylation is 1. The second-order valence-corrected chi connectivity index (χ2v) is 23.0. The number of rotatable bonds is 20. The number of carbonyl (C=O) groups excluding carboxylic acids is 7. The standard InChI is InChI=1S/C54H58FN7O21S/c1-5-54(76)30-17-35-44-28(19-62(35)49(71)29(30)22-80-52(54)74)43-32(8-7-27-25(2)31(55)18-34(58-44)42(27)43)56-38(64)23-79-24-60(14-15-84(4,77)78)53(75)81-21-26-6-9-36(82-51-47(70)45(68)46(69)48(83-51)50(72)73)33(16-26)57-37(63)20-59(3)39(65)12-13-61-40(66)10-11-41(61)67/h6,9-11,16-18,32,45-48,51,68-70,76H,5,7-8,12-15,19-24H2,1-4H3,(H,56,64)(H,57,63)(H,72,73)/t32?,45?,46-,47?,48?,51-,54-/m1/s1. The van der Waals surface area contributed by atoms with Crippen molar-refractivity contribution in [2.24, 2.45) is 0 Å². The van der Waals surface area contributed by atoms with E-state index in [0.29, 0.717) is 34.1 Å². The molecule has 1 aliphatic carbocycles. The number of imide groups is 1. The molecule has 448 valence electrons. The molecule has 84 heavy (non-hydrogen) atoms. The van der Waals surface area contributed by atoms with Gasteiger partial charge >= 0.3 is 18.0 Å². The first-order chi connectivity index (χ1) is 39.7. The van der Waals surface area contributed by atoms with Gasteiger partial charge in [-0.15, -0.1) is 0 Å². The van der Waals surface area contributed by atoms with Gasteiger partial charge in [0.15, 0.2) is 11.7 Å². The van der Waals surface area contributed by atoms with Gasteiger partial charge in [0.1, 0.15) is 66.3 Å². The zero-order chi connectivity index (χ0) is 60.9. The third kappa shape index (κ3) is 11.9. The summed E-state index contributed by atoms with van der Waals surface area (Å²) in [5.74, 6) is -7.53. The molecular formula is C54H58FN7O21S. The molecule has 30 heteroatoms. The molecule has 0 saturated carbocycles. The lowest BCUT2D eigenvalue weighted by atomic mass is 9.81. The monoisotopic (exact) mass is 1190 g/mol. The molecule has 6 heterocycles. The van der Waals surface area contributed by atoms with Crippen molar-refractivity contribution < 1.29 is 100 Å². The number of aliphatic hydroxyl groups is 4. The zero-order valence-corrected chi connectivity index (χ0v) is 46.3. The van der Waals surface area contributed by atoms with Crippen LogP contribution in [0.5, 0.6) is 5.75 Å². The summed E-state index contributed by atoms with van der Waals surface area (Å²) in [7, 11) is -2.46. The molecule has 4 aromatic rings. The van der Waals surface area contributed by atoms with Gasteiger partial charge in [-0.05, 0) is 66.6 Å². The first kappa shape index (κ1) is 60.3. The van der Waals surface area contributed by atoms with Crippen LogP contribution in [-0.4, -0.2) is 189 Å². The highest BCUT2D eigenvalue weighted by Crippen LogP contribution is 2.46. The Bertz CT molecular complexity index is 3630. The van der Waals surface area contributed by atoms with E-state index in [-0.39, 0.29) is 84.0 Å². The zero-order valence-electron chi connectivity index (χ0n) is 45.5. The minimum absolute atomic E-state index is 0.0304. The number of amides is 6. The van der Waals surface area contributed by atoms with E-state index in [4.69, 9.17) is 28.7 Å². The highest BCUT2D eigenvalue weighted by Gasteiger charge is 2.49. The fourth-order valence-corrected chi connectivity index (χ4v) is 11.1. The van der Waals surface area contributed by atoms with E-state index in [1.807, 2.05) is 0 Å². The number of cyclic esters (lactones) is 1. The molecule has 0 radical (unpaired) electrons. The predicted molar refractivity (Wildman–Crippen MR) is 284 cm³/mol. The summed E-state index contributed by atoms with van der Waals surface area (Å²) in [4.78, 5) is 124. The number of likely N-dealkylation sites (N-methyl/N-ethyl adjacent to an activating group) is 1. The molecule has 7 atom stereocenters. The van der Waals surface area contributed by atoms with Crippen LogP contribution in [0.25, 0.3) is 22.3 Å². The third-order valence-corrected chi connectivity index (χ3v) is 16.1. The number of aromatic nitrogens is 2. The third-order valence-electron chi connectivity index (χ3n) is 15.2. The van der Waals surface area contributed by atoms with Gasteiger partial charge in [0.05, 0.1) is 53.0 Å². The Balaban J connectivity index is 0.898. The quantitative estimate of drug-likeness (QED) is 0.0287. The van der Waals surface area contributed by atoms with Crippen molar-refractivity contribution >= 4 is 74.0 Å². The normalized spacial score (nSPS) is 22.2. The SMILES string of the molecule is CC[C@]1(O)C(=O)OCc2c1cc1n(c2=O)Cc2c-1nc1cc(F)c(C)c3c1c2C(NC(=O)COCN(CCS(C)(=O)=O)C(=O)OCc1ccc(O[C@@H]2OC(C(=O)O)[C@H](O)C(O)C2O)c(NC(=O)CN(C)C(=O)CCN2C(=O)C=CC2=O)c1)CC3. The average Bonchev–Trinajstić information content (AvgIpc) is 2.52. The number of pyridine rings is 2. The van der Waals surface area contributed by atoms with Crippen molar-refractivity contribution in [2.75, 3.05) is 57.3 Å². The lowest BCUT2D eigenvalue weighted by Gasteiger charge is -2.38. The van der Waals surface area contributed by atoms with Crippen LogP contribution in [0.4, 0.5) is 14.9 Å². The van der Waals surface area contributed by atoms with E-state index >= 15 is 4.39 Å². The highest BCUT2D eigenvalue weighted by atomic mass is 32.2. The second-order valence-electron chi connectivity index (χ2n) is 20.8. The van der Waals surface area contributed by atoms with Crippen molar-refractivity contribution in [3.63, 3.8) is 0 Å². The Hall–Kier alpha value is -8.26. The number of nitrogens with one attached hydrogen (secondary N) is 2. The van der Waals surface area contributed by atoms with Gasteiger partial charge in [-0.25, -0.2) is 32.2 Å². The Morgan fingerprint density at radius 1 is 0.976 bits per heavy atom. The molecule has 28 nitrogen and oxygen atoms in total. The van der Waals surface area contributed by atoms with Crippen LogP contribution >= 0.6 is 0 Å². The molecule has 6 amide bonds. The average molecular weight is 1190 g/mol. The van der Waals surface area contributed by atoms with E-state index in [2.05, 4.69) is 10.6 Å². The van der Waals surface area contributed by atoms with Crippen LogP contribution in [-0.2, 0) is 94.1 Å². The van der Waals surface area contributed by atoms with Crippen molar-refractivity contribution in [2.45, 2.75) is 102 Å². The molecular weight excluding hydrogens is 1130 g/mol. The van der Waals surface area contributed by atoms with Gasteiger partial charge < -0.3 is 69.3 Å². The Kier molecular flexibility index (Phi) is 17.1. The maximum Gasteiger partial charge on any atom is 0.411 e. The summed E-state index contributed by atoms with van der Waals surface area (Å²) in [6.07, 6.45) is -8.23. The number of aliphatic carboxylic acids is 1. The molecule has 4 aliphatic heterocycles. The van der Waals surface area contributed by atoms with Gasteiger partial charge in [-0.1, -0.05) is 13.0 Å². The van der Waals surface area contributed by atoms with Crippen LogP contribution in [0.3, 0.4) is 0 Å². The summed E-state index contributed by atoms with van der Waals surface area (Å²) in [6.45, 7) is -0.586. The Morgan fingerprint density at radius 3 is 2.39 bits per heavy atom. The molecule has 1 fully saturated rings. The fraction of sp³-hybridized carbons (Fsp3) is 0.444. The summed E-state index contributed by atoms with van der Waals surface area (Å²) < 4.78 is 69.0. The number of anilines is 1. The van der Waals surface area contributed by atoms with E-state index in [9.17, 15) is 77.1 Å². The van der Waals surface area contributed by atoms with Crippen molar-refractivity contribution in [1.29, 1.82) is 0 Å². The number of fused-ring (bicyclic) bond motifs is 5. The number of carboxylic acids is 1. The topological polar surface area (TPSA) is 387 Å². The minimum atomic E-state index is -3.72. The predicted octanol–water partition coefficient (Wildman–Crippen LogP) is -0.729. The van der Waals surface area contributed by atoms with E-state index in [1.54, 1.807) is 13.8 Å². The molecule has 5 aliphatic rings. The van der Waals surface area contributed by atoms with Crippen LogP contribution in [0.2, 0.25) is 0 Å². The Labute approximate surface area is 476 Å².